The molecule has 0 unspecified atom stereocenters. The van der Waals surface area contributed by atoms with Crippen LogP contribution in [-0.4, -0.2) is 40.7 Å². The number of rotatable bonds is 9. The van der Waals surface area contributed by atoms with Crippen molar-refractivity contribution in [2.45, 2.75) is 46.5 Å². The number of aryl methyl sites for hydroxylation is 1. The van der Waals surface area contributed by atoms with Crippen molar-refractivity contribution in [3.63, 3.8) is 0 Å². The molecule has 41 heavy (non-hydrogen) atoms. The molecule has 1 saturated heterocycles. The summed E-state index contributed by atoms with van der Waals surface area (Å²) in [6.45, 7) is 8.63. The van der Waals surface area contributed by atoms with Crippen LogP contribution in [0.15, 0.2) is 73.1 Å². The normalized spacial score (nSPS) is 14.6. The highest BCUT2D eigenvalue weighted by molar-refractivity contribution is 5.93. The molecule has 5 rings (SSSR count). The lowest BCUT2D eigenvalue weighted by atomic mass is 9.81. The van der Waals surface area contributed by atoms with Crippen molar-refractivity contribution in [3.8, 4) is 28.1 Å². The maximum Gasteiger partial charge on any atom is 0.307 e. The third-order valence-electron chi connectivity index (χ3n) is 7.89. The summed E-state index contributed by atoms with van der Waals surface area (Å²) in [5, 5.41) is 9.87. The number of aliphatic carboxylic acids is 1. The Bertz CT molecular complexity index is 1490. The second kappa shape index (κ2) is 12.1. The van der Waals surface area contributed by atoms with Crippen molar-refractivity contribution >= 4 is 11.7 Å². The van der Waals surface area contributed by atoms with Gasteiger partial charge in [0.25, 0.3) is 0 Å². The van der Waals surface area contributed by atoms with E-state index >= 15 is 0 Å². The number of benzene rings is 2. The van der Waals surface area contributed by atoms with Gasteiger partial charge in [0.1, 0.15) is 11.6 Å². The van der Waals surface area contributed by atoms with Gasteiger partial charge in [-0.3, -0.25) is 14.8 Å². The van der Waals surface area contributed by atoms with E-state index in [0.29, 0.717) is 13.0 Å². The van der Waals surface area contributed by atoms with E-state index in [-0.39, 0.29) is 17.7 Å². The summed E-state index contributed by atoms with van der Waals surface area (Å²) in [6, 6.07) is 18.2. The van der Waals surface area contributed by atoms with Crippen molar-refractivity contribution < 1.29 is 19.0 Å². The molecule has 1 fully saturated rings. The number of anilines is 1. The van der Waals surface area contributed by atoms with Crippen LogP contribution < -0.4 is 9.64 Å². The third kappa shape index (κ3) is 6.73. The number of hydrogen-bond acceptors (Lipinski definition) is 5. The quantitative estimate of drug-likeness (QED) is 0.238. The van der Waals surface area contributed by atoms with Gasteiger partial charge in [-0.1, -0.05) is 38.1 Å². The molecular formula is C34H36FN3O3. The highest BCUT2D eigenvalue weighted by Gasteiger charge is 2.31. The number of hydrogen-bond donors (Lipinski definition) is 1. The number of piperidine rings is 1. The molecule has 212 valence electrons. The Hall–Kier alpha value is -4.26. The standard InChI is InChI=1S/C34H36FN3O3/c1-23-29(21-30(39)40)33(38-18-15-34(2,3)16-19-38)31(32(37-23)26-5-4-17-36-22-26)25-8-12-28(13-9-25)41-20-14-24-6-10-27(35)11-7-24/h4-13,17,22H,14-16,18-21H2,1-3H3,(H,39,40). The summed E-state index contributed by atoms with van der Waals surface area (Å²) < 4.78 is 19.2. The van der Waals surface area contributed by atoms with E-state index < -0.39 is 5.97 Å². The van der Waals surface area contributed by atoms with Gasteiger partial charge < -0.3 is 14.7 Å². The van der Waals surface area contributed by atoms with Crippen LogP contribution in [0.2, 0.25) is 0 Å². The molecule has 4 aromatic rings. The van der Waals surface area contributed by atoms with E-state index in [9.17, 15) is 14.3 Å². The number of halogens is 1. The maximum atomic E-state index is 13.2. The molecule has 0 aliphatic carbocycles. The molecule has 1 aliphatic rings. The Kier molecular flexibility index (Phi) is 8.34. The zero-order valence-corrected chi connectivity index (χ0v) is 23.9. The van der Waals surface area contributed by atoms with E-state index in [4.69, 9.17) is 9.72 Å². The molecule has 2 aromatic heterocycles. The van der Waals surface area contributed by atoms with Gasteiger partial charge >= 0.3 is 5.97 Å². The molecule has 1 aliphatic heterocycles. The first kappa shape index (κ1) is 28.3. The van der Waals surface area contributed by atoms with E-state index in [1.165, 1.54) is 12.1 Å². The second-order valence-electron chi connectivity index (χ2n) is 11.5. The summed E-state index contributed by atoms with van der Waals surface area (Å²) in [5.41, 5.74) is 7.18. The number of nitrogens with zero attached hydrogens (tertiary/aromatic N) is 3. The predicted octanol–water partition coefficient (Wildman–Crippen LogP) is 7.13. The highest BCUT2D eigenvalue weighted by Crippen LogP contribution is 2.44. The SMILES string of the molecule is Cc1nc(-c2cccnc2)c(-c2ccc(OCCc3ccc(F)cc3)cc2)c(N2CCC(C)(C)CC2)c1CC(=O)O. The number of pyridine rings is 2. The molecule has 1 N–H and O–H groups in total. The number of carboxylic acids is 1. The van der Waals surface area contributed by atoms with E-state index in [1.54, 1.807) is 24.5 Å². The van der Waals surface area contributed by atoms with Gasteiger partial charge in [-0.05, 0) is 72.7 Å². The summed E-state index contributed by atoms with van der Waals surface area (Å²) in [5.74, 6) is -0.398. The smallest absolute Gasteiger partial charge is 0.307 e. The molecule has 0 atom stereocenters. The molecule has 3 heterocycles. The monoisotopic (exact) mass is 553 g/mol. The van der Waals surface area contributed by atoms with Crippen LogP contribution in [0.25, 0.3) is 22.4 Å². The van der Waals surface area contributed by atoms with Gasteiger partial charge in [-0.15, -0.1) is 0 Å². The van der Waals surface area contributed by atoms with Crippen LogP contribution in [0.4, 0.5) is 10.1 Å². The van der Waals surface area contributed by atoms with Crippen molar-refractivity contribution in [2.75, 3.05) is 24.6 Å². The van der Waals surface area contributed by atoms with Gasteiger partial charge in [0.15, 0.2) is 0 Å². The van der Waals surface area contributed by atoms with Crippen LogP contribution in [0, 0.1) is 18.2 Å². The van der Waals surface area contributed by atoms with Crippen LogP contribution in [0.5, 0.6) is 5.75 Å². The average molecular weight is 554 g/mol. The van der Waals surface area contributed by atoms with E-state index in [2.05, 4.69) is 23.7 Å². The van der Waals surface area contributed by atoms with E-state index in [1.807, 2.05) is 43.3 Å². The van der Waals surface area contributed by atoms with Gasteiger partial charge in [-0.2, -0.15) is 0 Å². The fourth-order valence-corrected chi connectivity index (χ4v) is 5.41. The minimum absolute atomic E-state index is 0.0983. The molecule has 6 nitrogen and oxygen atoms in total. The first-order chi connectivity index (χ1) is 19.7. The van der Waals surface area contributed by atoms with Gasteiger partial charge in [0, 0.05) is 54.3 Å². The van der Waals surface area contributed by atoms with Crippen LogP contribution in [0.3, 0.4) is 0 Å². The van der Waals surface area contributed by atoms with Gasteiger partial charge in [0.2, 0.25) is 0 Å². The topological polar surface area (TPSA) is 75.6 Å². The molecule has 0 amide bonds. The largest absolute Gasteiger partial charge is 0.493 e. The molecule has 0 spiro atoms. The fraction of sp³-hybridized carbons (Fsp3) is 0.324. The van der Waals surface area contributed by atoms with Gasteiger partial charge in [0.05, 0.1) is 24.4 Å². The lowest BCUT2D eigenvalue weighted by molar-refractivity contribution is -0.136. The first-order valence-corrected chi connectivity index (χ1v) is 14.1. The number of aromatic nitrogens is 2. The van der Waals surface area contributed by atoms with Crippen molar-refractivity contribution in [3.05, 3.63) is 95.7 Å². The third-order valence-corrected chi connectivity index (χ3v) is 7.89. The van der Waals surface area contributed by atoms with Crippen molar-refractivity contribution in [1.29, 1.82) is 0 Å². The average Bonchev–Trinajstić information content (AvgIpc) is 2.96. The van der Waals surface area contributed by atoms with Crippen LogP contribution in [0.1, 0.15) is 43.5 Å². The zero-order chi connectivity index (χ0) is 29.0. The Morgan fingerprint density at radius 3 is 2.37 bits per heavy atom. The Morgan fingerprint density at radius 2 is 1.73 bits per heavy atom. The number of carboxylic acid groups (broad SMARTS) is 1. The second-order valence-corrected chi connectivity index (χ2v) is 11.5. The van der Waals surface area contributed by atoms with Crippen LogP contribution in [-0.2, 0) is 17.6 Å². The lowest BCUT2D eigenvalue weighted by Gasteiger charge is -2.40. The van der Waals surface area contributed by atoms with Crippen molar-refractivity contribution in [1.82, 2.24) is 9.97 Å². The summed E-state index contributed by atoms with van der Waals surface area (Å²) >= 11 is 0. The maximum absolute atomic E-state index is 13.2. The minimum Gasteiger partial charge on any atom is -0.493 e. The van der Waals surface area contributed by atoms with E-state index in [0.717, 1.165) is 76.6 Å². The summed E-state index contributed by atoms with van der Waals surface area (Å²) in [6.07, 6.45) is 6.15. The Morgan fingerprint density at radius 1 is 1.02 bits per heavy atom. The molecule has 0 saturated carbocycles. The Balaban J connectivity index is 1.54. The molecule has 7 heteroatoms. The zero-order valence-electron chi connectivity index (χ0n) is 23.9. The molecule has 0 bridgehead atoms. The summed E-state index contributed by atoms with van der Waals surface area (Å²) in [4.78, 5) is 23.7. The molecule has 0 radical (unpaired) electrons. The number of ether oxygens (including phenoxy) is 1. The highest BCUT2D eigenvalue weighted by atomic mass is 19.1. The van der Waals surface area contributed by atoms with Crippen LogP contribution >= 0.6 is 0 Å². The minimum atomic E-state index is -0.876. The first-order valence-electron chi connectivity index (χ1n) is 14.1. The van der Waals surface area contributed by atoms with Crippen molar-refractivity contribution in [2.24, 2.45) is 5.41 Å². The molecule has 2 aromatic carbocycles. The lowest BCUT2D eigenvalue weighted by Crippen LogP contribution is -2.38. The number of carbonyl (C=O) groups is 1. The molecular weight excluding hydrogens is 517 g/mol. The Labute approximate surface area is 240 Å². The van der Waals surface area contributed by atoms with Gasteiger partial charge in [-0.25, -0.2) is 4.39 Å². The summed E-state index contributed by atoms with van der Waals surface area (Å²) in [7, 11) is 0. The fourth-order valence-electron chi connectivity index (χ4n) is 5.41. The predicted molar refractivity (Wildman–Crippen MR) is 160 cm³/mol.